The molecule has 8 heteroatoms. The number of carbonyl (C=O) groups is 1. The number of likely N-dealkylation sites (tertiary alicyclic amines) is 1. The van der Waals surface area contributed by atoms with Crippen LogP contribution in [-0.2, 0) is 11.3 Å². The fourth-order valence-corrected chi connectivity index (χ4v) is 4.84. The second-order valence-electron chi connectivity index (χ2n) is 8.35. The Kier molecular flexibility index (Phi) is 4.56. The summed E-state index contributed by atoms with van der Waals surface area (Å²) in [5.41, 5.74) is 2.49. The lowest BCUT2D eigenvalue weighted by molar-refractivity contribution is -0.145. The molecule has 0 aliphatic carbocycles. The van der Waals surface area contributed by atoms with Crippen molar-refractivity contribution in [2.45, 2.75) is 32.7 Å². The molecular formula is C22H26N6O2. The molecule has 1 N–H and O–H groups in total. The lowest BCUT2D eigenvalue weighted by Gasteiger charge is -2.39. The van der Waals surface area contributed by atoms with Gasteiger partial charge in [-0.25, -0.2) is 9.97 Å². The molecule has 3 aromatic rings. The van der Waals surface area contributed by atoms with Crippen LogP contribution in [-0.4, -0.2) is 57.5 Å². The molecule has 156 valence electrons. The normalized spacial score (nSPS) is 21.7. The molecule has 8 nitrogen and oxygen atoms in total. The fourth-order valence-electron chi connectivity index (χ4n) is 4.84. The zero-order valence-electron chi connectivity index (χ0n) is 17.4. The highest BCUT2D eigenvalue weighted by Gasteiger charge is 2.49. The van der Waals surface area contributed by atoms with E-state index in [1.54, 1.807) is 13.3 Å². The number of piperidine rings is 1. The number of rotatable bonds is 4. The van der Waals surface area contributed by atoms with Crippen LogP contribution in [0.2, 0.25) is 0 Å². The maximum atomic E-state index is 13.6. The number of aromatic nitrogens is 4. The first-order valence-electron chi connectivity index (χ1n) is 10.4. The van der Waals surface area contributed by atoms with Gasteiger partial charge in [0.1, 0.15) is 5.65 Å². The van der Waals surface area contributed by atoms with Gasteiger partial charge in [-0.2, -0.15) is 4.98 Å². The zero-order valence-corrected chi connectivity index (χ0v) is 17.4. The predicted molar refractivity (Wildman–Crippen MR) is 113 cm³/mol. The van der Waals surface area contributed by atoms with Gasteiger partial charge in [-0.1, -0.05) is 0 Å². The van der Waals surface area contributed by atoms with Crippen LogP contribution in [0.1, 0.15) is 30.5 Å². The molecule has 1 unspecified atom stereocenters. The van der Waals surface area contributed by atoms with E-state index in [1.165, 1.54) is 0 Å². The Morgan fingerprint density at radius 2 is 2.17 bits per heavy atom. The number of nitrogens with zero attached hydrogens (tertiary/aromatic N) is 5. The summed E-state index contributed by atoms with van der Waals surface area (Å²) in [6.45, 7) is 4.78. The lowest BCUT2D eigenvalue weighted by Crippen LogP contribution is -2.49. The molecule has 0 bridgehead atoms. The highest BCUT2D eigenvalue weighted by Crippen LogP contribution is 2.41. The number of hydrogen-bond acceptors (Lipinski definition) is 6. The summed E-state index contributed by atoms with van der Waals surface area (Å²) in [5, 5.41) is 1.08. The lowest BCUT2D eigenvalue weighted by atomic mass is 9.78. The minimum absolute atomic E-state index is 0.245. The van der Waals surface area contributed by atoms with E-state index in [0.29, 0.717) is 24.9 Å². The number of H-pyrrole nitrogens is 1. The van der Waals surface area contributed by atoms with Gasteiger partial charge in [-0.3, -0.25) is 4.79 Å². The van der Waals surface area contributed by atoms with Gasteiger partial charge in [-0.05, 0) is 43.9 Å². The third-order valence-electron chi connectivity index (χ3n) is 6.39. The molecule has 30 heavy (non-hydrogen) atoms. The van der Waals surface area contributed by atoms with Crippen LogP contribution >= 0.6 is 0 Å². The molecule has 1 spiro atoms. The number of carbonyl (C=O) groups excluding carboxylic acids is 1. The summed E-state index contributed by atoms with van der Waals surface area (Å²) in [7, 11) is 1.61. The number of aromatic amines is 1. The average Bonchev–Trinajstić information content (AvgIpc) is 3.37. The van der Waals surface area contributed by atoms with Gasteiger partial charge in [0, 0.05) is 55.7 Å². The summed E-state index contributed by atoms with van der Waals surface area (Å²) in [6, 6.07) is 5.81. The van der Waals surface area contributed by atoms with E-state index in [2.05, 4.69) is 30.9 Å². The Morgan fingerprint density at radius 3 is 3.03 bits per heavy atom. The number of anilines is 1. The highest BCUT2D eigenvalue weighted by molar-refractivity contribution is 5.86. The molecule has 1 atom stereocenters. The van der Waals surface area contributed by atoms with E-state index in [9.17, 15) is 4.79 Å². The number of methoxy groups -OCH3 is 1. The van der Waals surface area contributed by atoms with Crippen molar-refractivity contribution in [1.29, 1.82) is 0 Å². The molecule has 0 aromatic carbocycles. The number of amides is 1. The molecule has 3 aromatic heterocycles. The number of nitrogens with one attached hydrogen (secondary N) is 1. The zero-order chi connectivity index (χ0) is 20.7. The van der Waals surface area contributed by atoms with Crippen molar-refractivity contribution in [3.63, 3.8) is 0 Å². The largest absolute Gasteiger partial charge is 0.481 e. The summed E-state index contributed by atoms with van der Waals surface area (Å²) < 4.78 is 5.30. The Morgan fingerprint density at radius 1 is 1.27 bits per heavy atom. The standard InChI is InChI=1S/C22H26N6O2/c1-15-11-18(30-2)26-21(25-15)28-10-7-22(14-28)6-4-9-27(20(22)29)13-16-12-24-19-17(16)5-3-8-23-19/h3,5,8,11-12H,4,6-7,9-10,13-14H2,1-2H3,(H,23,24). The van der Waals surface area contributed by atoms with Gasteiger partial charge in [0.05, 0.1) is 12.5 Å². The van der Waals surface area contributed by atoms with Crippen molar-refractivity contribution in [3.8, 4) is 5.88 Å². The first kappa shape index (κ1) is 18.8. The molecule has 2 fully saturated rings. The predicted octanol–water partition coefficient (Wildman–Crippen LogP) is 2.69. The van der Waals surface area contributed by atoms with Crippen LogP contribution in [0.4, 0.5) is 5.95 Å². The molecular weight excluding hydrogens is 380 g/mol. The van der Waals surface area contributed by atoms with Crippen molar-refractivity contribution in [1.82, 2.24) is 24.8 Å². The molecule has 5 heterocycles. The van der Waals surface area contributed by atoms with Gasteiger partial charge in [0.2, 0.25) is 17.7 Å². The van der Waals surface area contributed by atoms with Crippen molar-refractivity contribution in [2.24, 2.45) is 5.41 Å². The molecule has 2 saturated heterocycles. The van der Waals surface area contributed by atoms with E-state index in [4.69, 9.17) is 4.74 Å². The van der Waals surface area contributed by atoms with Crippen molar-refractivity contribution < 1.29 is 9.53 Å². The molecule has 2 aliphatic rings. The third-order valence-corrected chi connectivity index (χ3v) is 6.39. The van der Waals surface area contributed by atoms with Crippen LogP contribution in [0, 0.1) is 12.3 Å². The first-order valence-corrected chi connectivity index (χ1v) is 10.4. The highest BCUT2D eigenvalue weighted by atomic mass is 16.5. The van der Waals surface area contributed by atoms with Crippen LogP contribution in [0.15, 0.2) is 30.6 Å². The van der Waals surface area contributed by atoms with Crippen LogP contribution in [0.25, 0.3) is 11.0 Å². The SMILES string of the molecule is COc1cc(C)nc(N2CCC3(CCCN(Cc4c[nH]c5ncccc45)C3=O)C2)n1. The number of ether oxygens (including phenoxy) is 1. The summed E-state index contributed by atoms with van der Waals surface area (Å²) in [5.74, 6) is 1.45. The van der Waals surface area contributed by atoms with E-state index in [1.807, 2.05) is 30.2 Å². The quantitative estimate of drug-likeness (QED) is 0.717. The number of aryl methyl sites for hydroxylation is 1. The summed E-state index contributed by atoms with van der Waals surface area (Å²) >= 11 is 0. The van der Waals surface area contributed by atoms with Crippen molar-refractivity contribution in [3.05, 3.63) is 41.9 Å². The van der Waals surface area contributed by atoms with Gasteiger partial charge < -0.3 is 19.5 Å². The maximum absolute atomic E-state index is 13.6. The Hall–Kier alpha value is -3.16. The van der Waals surface area contributed by atoms with Crippen LogP contribution < -0.4 is 9.64 Å². The third kappa shape index (κ3) is 3.16. The van der Waals surface area contributed by atoms with E-state index in [-0.39, 0.29) is 11.3 Å². The van der Waals surface area contributed by atoms with Gasteiger partial charge in [0.15, 0.2) is 0 Å². The second kappa shape index (κ2) is 7.27. The Balaban J connectivity index is 1.36. The second-order valence-corrected chi connectivity index (χ2v) is 8.35. The van der Waals surface area contributed by atoms with E-state index < -0.39 is 0 Å². The molecule has 1 amide bonds. The molecule has 0 saturated carbocycles. The summed E-state index contributed by atoms with van der Waals surface area (Å²) in [6.07, 6.45) is 6.51. The monoisotopic (exact) mass is 406 g/mol. The molecule has 5 rings (SSSR count). The van der Waals surface area contributed by atoms with Crippen LogP contribution in [0.5, 0.6) is 5.88 Å². The minimum atomic E-state index is -0.358. The number of hydrogen-bond donors (Lipinski definition) is 1. The minimum Gasteiger partial charge on any atom is -0.481 e. The summed E-state index contributed by atoms with van der Waals surface area (Å²) in [4.78, 5) is 34.4. The van der Waals surface area contributed by atoms with E-state index >= 15 is 0 Å². The van der Waals surface area contributed by atoms with Gasteiger partial charge >= 0.3 is 0 Å². The average molecular weight is 406 g/mol. The Bertz CT molecular complexity index is 1100. The first-order chi connectivity index (χ1) is 14.6. The number of pyridine rings is 1. The van der Waals surface area contributed by atoms with E-state index in [0.717, 1.165) is 54.6 Å². The van der Waals surface area contributed by atoms with Gasteiger partial charge in [0.25, 0.3) is 0 Å². The van der Waals surface area contributed by atoms with Crippen LogP contribution in [0.3, 0.4) is 0 Å². The fraction of sp³-hybridized carbons (Fsp3) is 0.455. The van der Waals surface area contributed by atoms with Crippen molar-refractivity contribution in [2.75, 3.05) is 31.6 Å². The maximum Gasteiger partial charge on any atom is 0.230 e. The topological polar surface area (TPSA) is 87.2 Å². The molecule has 0 radical (unpaired) electrons. The van der Waals surface area contributed by atoms with Gasteiger partial charge in [-0.15, -0.1) is 0 Å². The number of fused-ring (bicyclic) bond motifs is 1. The Labute approximate surface area is 175 Å². The van der Waals surface area contributed by atoms with Crippen molar-refractivity contribution >= 4 is 22.9 Å². The molecule has 2 aliphatic heterocycles. The smallest absolute Gasteiger partial charge is 0.230 e.